The molecule has 104 valence electrons. The number of rotatable bonds is 6. The Morgan fingerprint density at radius 3 is 2.32 bits per heavy atom. The first-order valence-electron chi connectivity index (χ1n) is 5.73. The van der Waals surface area contributed by atoms with Crippen LogP contribution in [0.2, 0.25) is 0 Å². The molecule has 0 saturated carbocycles. The largest absolute Gasteiger partial charge is 0.497 e. The number of hydrogen-bond donors (Lipinski definition) is 2. The zero-order valence-electron chi connectivity index (χ0n) is 10.9. The Labute approximate surface area is 117 Å². The Hall–Kier alpha value is -1.69. The number of carbonyl (C=O) groups excluding carboxylic acids is 1. The molecule has 6 heteroatoms. The molecule has 5 nitrogen and oxygen atoms in total. The van der Waals surface area contributed by atoms with Gasteiger partial charge in [0.25, 0.3) is 0 Å². The van der Waals surface area contributed by atoms with Gasteiger partial charge in [0.15, 0.2) is 0 Å². The molecule has 0 aromatic heterocycles. The maximum Gasteiger partial charge on any atom is 0.327 e. The first-order valence-corrected chi connectivity index (χ1v) is 6.36. The summed E-state index contributed by atoms with van der Waals surface area (Å²) in [5.41, 5.74) is 0.837. The summed E-state index contributed by atoms with van der Waals surface area (Å²) in [5, 5.41) is 9.09. The van der Waals surface area contributed by atoms with E-state index in [0.717, 1.165) is 5.56 Å². The number of benzene rings is 1. The fourth-order valence-electron chi connectivity index (χ4n) is 1.68. The molecular formula is C13H17NO4S. The van der Waals surface area contributed by atoms with Crippen molar-refractivity contribution in [2.24, 2.45) is 0 Å². The molecule has 0 unspecified atom stereocenters. The van der Waals surface area contributed by atoms with E-state index in [9.17, 15) is 9.59 Å². The molecule has 0 bridgehead atoms. The molecular weight excluding hydrogens is 266 g/mol. The molecule has 0 aliphatic heterocycles. The van der Waals surface area contributed by atoms with Crippen molar-refractivity contribution < 1.29 is 19.4 Å². The minimum atomic E-state index is -1.06. The highest BCUT2D eigenvalue weighted by atomic mass is 32.1. The number of ether oxygens (including phenoxy) is 1. The number of carboxylic acid groups (broad SMARTS) is 1. The van der Waals surface area contributed by atoms with Crippen LogP contribution in [0, 0.1) is 0 Å². The van der Waals surface area contributed by atoms with Crippen LogP contribution in [0.5, 0.6) is 5.75 Å². The molecule has 1 rings (SSSR count). The standard InChI is InChI=1S/C13H17NO4S/c1-9(15)14(12(8-19)13(16)17)7-10-3-5-11(18-2)6-4-10/h3-6,12,19H,7-8H2,1-2H3,(H,16,17)/t12-/m0/s1. The number of thiol groups is 1. The summed E-state index contributed by atoms with van der Waals surface area (Å²) in [6.45, 7) is 1.58. The SMILES string of the molecule is COc1ccc(CN(C(C)=O)[C@@H](CS)C(=O)O)cc1. The van der Waals surface area contributed by atoms with Gasteiger partial charge in [-0.15, -0.1) is 0 Å². The summed E-state index contributed by atoms with van der Waals surface area (Å²) in [6.07, 6.45) is 0. The predicted octanol–water partition coefficient (Wildman–Crippen LogP) is 1.43. The molecule has 1 N–H and O–H groups in total. The monoisotopic (exact) mass is 283 g/mol. The summed E-state index contributed by atoms with van der Waals surface area (Å²) in [5.74, 6) is -0.566. The van der Waals surface area contributed by atoms with Crippen molar-refractivity contribution in [1.29, 1.82) is 0 Å². The van der Waals surface area contributed by atoms with Crippen LogP contribution in [0.25, 0.3) is 0 Å². The zero-order valence-corrected chi connectivity index (χ0v) is 11.8. The minimum absolute atomic E-state index is 0.0745. The van der Waals surface area contributed by atoms with E-state index in [-0.39, 0.29) is 18.2 Å². The molecule has 0 radical (unpaired) electrons. The van der Waals surface area contributed by atoms with Crippen molar-refractivity contribution in [3.8, 4) is 5.75 Å². The first kappa shape index (κ1) is 15.4. The Morgan fingerprint density at radius 1 is 1.37 bits per heavy atom. The second kappa shape index (κ2) is 7.04. The molecule has 1 amide bonds. The van der Waals surface area contributed by atoms with Crippen molar-refractivity contribution in [3.05, 3.63) is 29.8 Å². The van der Waals surface area contributed by atoms with Gasteiger partial charge in [0.1, 0.15) is 11.8 Å². The number of methoxy groups -OCH3 is 1. The van der Waals surface area contributed by atoms with Gasteiger partial charge in [-0.2, -0.15) is 12.6 Å². The molecule has 0 aliphatic carbocycles. The summed E-state index contributed by atoms with van der Waals surface area (Å²) in [6, 6.07) is 6.20. The van der Waals surface area contributed by atoms with Crippen LogP contribution in [0.1, 0.15) is 12.5 Å². The summed E-state index contributed by atoms with van der Waals surface area (Å²) >= 11 is 3.99. The average molecular weight is 283 g/mol. The lowest BCUT2D eigenvalue weighted by atomic mass is 10.1. The Kier molecular flexibility index (Phi) is 5.69. The van der Waals surface area contributed by atoms with Gasteiger partial charge >= 0.3 is 5.97 Å². The smallest absolute Gasteiger partial charge is 0.327 e. The van der Waals surface area contributed by atoms with Crippen LogP contribution in [0.3, 0.4) is 0 Å². The van der Waals surface area contributed by atoms with E-state index in [4.69, 9.17) is 9.84 Å². The highest BCUT2D eigenvalue weighted by Crippen LogP contribution is 2.15. The molecule has 1 atom stereocenters. The van der Waals surface area contributed by atoms with Gasteiger partial charge in [0.05, 0.1) is 7.11 Å². The minimum Gasteiger partial charge on any atom is -0.497 e. The third-order valence-corrected chi connectivity index (χ3v) is 3.10. The van der Waals surface area contributed by atoms with Gasteiger partial charge in [-0.05, 0) is 17.7 Å². The van der Waals surface area contributed by atoms with E-state index in [1.165, 1.54) is 11.8 Å². The van der Waals surface area contributed by atoms with E-state index in [1.807, 2.05) is 0 Å². The normalized spacial score (nSPS) is 11.7. The van der Waals surface area contributed by atoms with Gasteiger partial charge in [0, 0.05) is 19.2 Å². The van der Waals surface area contributed by atoms with Gasteiger partial charge in [-0.3, -0.25) is 4.79 Å². The Bertz CT molecular complexity index is 446. The highest BCUT2D eigenvalue weighted by molar-refractivity contribution is 7.80. The second-order valence-electron chi connectivity index (χ2n) is 4.03. The molecule has 0 aliphatic rings. The number of aliphatic carboxylic acids is 1. The molecule has 0 spiro atoms. The number of amides is 1. The first-order chi connectivity index (χ1) is 8.99. The van der Waals surface area contributed by atoms with Crippen molar-refractivity contribution in [2.45, 2.75) is 19.5 Å². The molecule has 19 heavy (non-hydrogen) atoms. The molecule has 0 heterocycles. The number of carbonyl (C=O) groups is 2. The third kappa shape index (κ3) is 4.17. The number of hydrogen-bond acceptors (Lipinski definition) is 4. The lowest BCUT2D eigenvalue weighted by Crippen LogP contribution is -2.44. The zero-order chi connectivity index (χ0) is 14.4. The second-order valence-corrected chi connectivity index (χ2v) is 4.40. The van der Waals surface area contributed by atoms with Gasteiger partial charge in [0.2, 0.25) is 5.91 Å². The molecule has 0 saturated heterocycles. The maximum atomic E-state index is 11.6. The van der Waals surface area contributed by atoms with Crippen molar-refractivity contribution >= 4 is 24.5 Å². The summed E-state index contributed by atoms with van der Waals surface area (Å²) < 4.78 is 5.04. The van der Waals surface area contributed by atoms with Crippen LogP contribution in [0.15, 0.2) is 24.3 Å². The quantitative estimate of drug-likeness (QED) is 0.775. The van der Waals surface area contributed by atoms with E-state index in [0.29, 0.717) is 5.75 Å². The van der Waals surface area contributed by atoms with Crippen LogP contribution in [-0.2, 0) is 16.1 Å². The van der Waals surface area contributed by atoms with Crippen LogP contribution < -0.4 is 4.74 Å². The molecule has 1 aromatic rings. The van der Waals surface area contributed by atoms with Crippen LogP contribution in [-0.4, -0.2) is 40.8 Å². The van der Waals surface area contributed by atoms with Crippen molar-refractivity contribution in [3.63, 3.8) is 0 Å². The Morgan fingerprint density at radius 2 is 1.95 bits per heavy atom. The fourth-order valence-corrected chi connectivity index (χ4v) is 2.03. The summed E-state index contributed by atoms with van der Waals surface area (Å²) in [4.78, 5) is 24.0. The fraction of sp³-hybridized carbons (Fsp3) is 0.385. The van der Waals surface area contributed by atoms with Gasteiger partial charge in [-0.1, -0.05) is 12.1 Å². The molecule has 1 aromatic carbocycles. The third-order valence-electron chi connectivity index (χ3n) is 2.75. The Balaban J connectivity index is 2.88. The predicted molar refractivity (Wildman–Crippen MR) is 74.5 cm³/mol. The van der Waals surface area contributed by atoms with E-state index < -0.39 is 12.0 Å². The van der Waals surface area contributed by atoms with Gasteiger partial charge in [-0.25, -0.2) is 4.79 Å². The maximum absolute atomic E-state index is 11.6. The number of nitrogens with zero attached hydrogens (tertiary/aromatic N) is 1. The number of carboxylic acids is 1. The average Bonchev–Trinajstić information content (AvgIpc) is 2.38. The van der Waals surface area contributed by atoms with E-state index in [1.54, 1.807) is 31.4 Å². The van der Waals surface area contributed by atoms with Gasteiger partial charge < -0.3 is 14.7 Å². The van der Waals surface area contributed by atoms with Crippen molar-refractivity contribution in [1.82, 2.24) is 4.90 Å². The van der Waals surface area contributed by atoms with Crippen LogP contribution in [0.4, 0.5) is 0 Å². The lowest BCUT2D eigenvalue weighted by Gasteiger charge is -2.27. The van der Waals surface area contributed by atoms with Crippen molar-refractivity contribution in [2.75, 3.05) is 12.9 Å². The summed E-state index contributed by atoms with van der Waals surface area (Å²) in [7, 11) is 1.57. The van der Waals surface area contributed by atoms with E-state index >= 15 is 0 Å². The van der Waals surface area contributed by atoms with E-state index in [2.05, 4.69) is 12.6 Å². The van der Waals surface area contributed by atoms with Crippen LogP contribution >= 0.6 is 12.6 Å². The highest BCUT2D eigenvalue weighted by Gasteiger charge is 2.26. The molecule has 0 fully saturated rings. The lowest BCUT2D eigenvalue weighted by molar-refractivity contribution is -0.148. The topological polar surface area (TPSA) is 66.8 Å².